The quantitative estimate of drug-likeness (QED) is 0.616. The maximum Gasteiger partial charge on any atom is 0.189 e. The number of aryl methyl sites for hydroxylation is 1. The van der Waals surface area contributed by atoms with Gasteiger partial charge in [-0.05, 0) is 42.8 Å². The van der Waals surface area contributed by atoms with Crippen LogP contribution in [0, 0.1) is 6.92 Å². The lowest BCUT2D eigenvalue weighted by Gasteiger charge is -2.07. The van der Waals surface area contributed by atoms with Crippen molar-refractivity contribution in [2.75, 3.05) is 14.2 Å². The first-order valence-electron chi connectivity index (χ1n) is 6.65. The fourth-order valence-electron chi connectivity index (χ4n) is 2.06. The third kappa shape index (κ3) is 3.51. The molecule has 108 valence electrons. The van der Waals surface area contributed by atoms with Crippen LogP contribution < -0.4 is 9.47 Å². The minimum atomic E-state index is -0.0993. The Morgan fingerprint density at radius 3 is 2.43 bits per heavy atom. The minimum absolute atomic E-state index is 0.0993. The lowest BCUT2D eigenvalue weighted by molar-refractivity contribution is 0.104. The van der Waals surface area contributed by atoms with E-state index >= 15 is 0 Å². The molecular formula is C18H18O3. The molecule has 0 radical (unpaired) electrons. The molecule has 0 heterocycles. The van der Waals surface area contributed by atoms with E-state index in [4.69, 9.17) is 9.47 Å². The average Bonchev–Trinajstić information content (AvgIpc) is 2.52. The normalized spacial score (nSPS) is 10.6. The summed E-state index contributed by atoms with van der Waals surface area (Å²) >= 11 is 0. The van der Waals surface area contributed by atoms with Crippen molar-refractivity contribution < 1.29 is 14.3 Å². The predicted octanol–water partition coefficient (Wildman–Crippen LogP) is 3.91. The summed E-state index contributed by atoms with van der Waals surface area (Å²) in [7, 11) is 3.17. The predicted molar refractivity (Wildman–Crippen MR) is 84.1 cm³/mol. The summed E-state index contributed by atoms with van der Waals surface area (Å²) in [6, 6.07) is 13.1. The summed E-state index contributed by atoms with van der Waals surface area (Å²) in [6.07, 6.45) is 3.28. The van der Waals surface area contributed by atoms with Gasteiger partial charge < -0.3 is 9.47 Å². The number of methoxy groups -OCH3 is 2. The van der Waals surface area contributed by atoms with Crippen LogP contribution in [0.3, 0.4) is 0 Å². The molecule has 2 aromatic rings. The number of ether oxygens (including phenoxy) is 2. The number of rotatable bonds is 5. The third-order valence-corrected chi connectivity index (χ3v) is 3.18. The lowest BCUT2D eigenvalue weighted by Crippen LogP contribution is -1.99. The van der Waals surface area contributed by atoms with E-state index in [1.807, 2.05) is 43.3 Å². The van der Waals surface area contributed by atoms with Crippen molar-refractivity contribution in [2.45, 2.75) is 6.92 Å². The van der Waals surface area contributed by atoms with E-state index in [9.17, 15) is 4.79 Å². The number of allylic oxidation sites excluding steroid dienone is 1. The second-order valence-corrected chi connectivity index (χ2v) is 4.64. The molecule has 0 N–H and O–H groups in total. The molecule has 2 rings (SSSR count). The van der Waals surface area contributed by atoms with Crippen LogP contribution in [0.5, 0.6) is 11.5 Å². The Hall–Kier alpha value is -2.55. The van der Waals surface area contributed by atoms with Gasteiger partial charge in [-0.3, -0.25) is 4.79 Å². The summed E-state index contributed by atoms with van der Waals surface area (Å²) in [5, 5.41) is 0. The number of hydrogen-bond acceptors (Lipinski definition) is 3. The summed E-state index contributed by atoms with van der Waals surface area (Å²) in [4.78, 5) is 12.3. The van der Waals surface area contributed by atoms with E-state index in [1.54, 1.807) is 26.4 Å². The van der Waals surface area contributed by atoms with Crippen molar-refractivity contribution in [1.29, 1.82) is 0 Å². The van der Waals surface area contributed by atoms with Gasteiger partial charge in [0.25, 0.3) is 0 Å². The molecule has 0 saturated heterocycles. The summed E-state index contributed by atoms with van der Waals surface area (Å²) in [5.41, 5.74) is 2.46. The molecule has 2 aromatic carbocycles. The summed E-state index contributed by atoms with van der Waals surface area (Å²) < 4.78 is 10.5. The number of benzene rings is 2. The highest BCUT2D eigenvalue weighted by molar-refractivity contribution is 6.08. The smallest absolute Gasteiger partial charge is 0.189 e. The van der Waals surface area contributed by atoms with Gasteiger partial charge in [0, 0.05) is 5.56 Å². The number of carbonyl (C=O) groups is 1. The zero-order valence-corrected chi connectivity index (χ0v) is 12.4. The van der Waals surface area contributed by atoms with Crippen LogP contribution in [-0.4, -0.2) is 20.0 Å². The maximum absolute atomic E-state index is 12.3. The zero-order valence-electron chi connectivity index (χ0n) is 12.4. The van der Waals surface area contributed by atoms with E-state index < -0.39 is 0 Å². The Labute approximate surface area is 124 Å². The Balaban J connectivity index is 2.27. The highest BCUT2D eigenvalue weighted by atomic mass is 16.5. The van der Waals surface area contributed by atoms with Gasteiger partial charge in [0.15, 0.2) is 5.78 Å². The van der Waals surface area contributed by atoms with Crippen molar-refractivity contribution in [3.63, 3.8) is 0 Å². The van der Waals surface area contributed by atoms with Crippen LogP contribution in [-0.2, 0) is 0 Å². The van der Waals surface area contributed by atoms with E-state index in [0.29, 0.717) is 11.3 Å². The first-order chi connectivity index (χ1) is 10.2. The Morgan fingerprint density at radius 2 is 1.71 bits per heavy atom. The van der Waals surface area contributed by atoms with Gasteiger partial charge in [0.1, 0.15) is 11.5 Å². The Kier molecular flexibility index (Phi) is 4.77. The van der Waals surface area contributed by atoms with Gasteiger partial charge >= 0.3 is 0 Å². The number of carbonyl (C=O) groups excluding carboxylic acids is 1. The monoisotopic (exact) mass is 282 g/mol. The topological polar surface area (TPSA) is 35.5 Å². The molecule has 0 saturated carbocycles. The molecule has 21 heavy (non-hydrogen) atoms. The fraction of sp³-hybridized carbons (Fsp3) is 0.167. The summed E-state index contributed by atoms with van der Waals surface area (Å²) in [5.74, 6) is 1.22. The lowest BCUT2D eigenvalue weighted by atomic mass is 10.1. The molecule has 0 bridgehead atoms. The van der Waals surface area contributed by atoms with Gasteiger partial charge in [0.2, 0.25) is 0 Å². The SMILES string of the molecule is COc1ccccc1C=CC(=O)c1ccc(C)cc1OC. The van der Waals surface area contributed by atoms with Gasteiger partial charge in [-0.1, -0.05) is 24.3 Å². The van der Waals surface area contributed by atoms with E-state index in [0.717, 1.165) is 16.9 Å². The molecular weight excluding hydrogens is 264 g/mol. The van der Waals surface area contributed by atoms with Crippen LogP contribution in [0.1, 0.15) is 21.5 Å². The highest BCUT2D eigenvalue weighted by Gasteiger charge is 2.09. The van der Waals surface area contributed by atoms with Gasteiger partial charge in [-0.15, -0.1) is 0 Å². The van der Waals surface area contributed by atoms with E-state index in [1.165, 1.54) is 6.08 Å². The summed E-state index contributed by atoms with van der Waals surface area (Å²) in [6.45, 7) is 1.96. The number of ketones is 1. The molecule has 0 atom stereocenters. The van der Waals surface area contributed by atoms with Crippen molar-refractivity contribution in [3.05, 3.63) is 65.2 Å². The molecule has 3 heteroatoms. The first kappa shape index (κ1) is 14.9. The fourth-order valence-corrected chi connectivity index (χ4v) is 2.06. The van der Waals surface area contributed by atoms with Crippen LogP contribution in [0.4, 0.5) is 0 Å². The van der Waals surface area contributed by atoms with E-state index in [2.05, 4.69) is 0 Å². The Morgan fingerprint density at radius 1 is 1.00 bits per heavy atom. The molecule has 0 aliphatic heterocycles. The molecule has 0 fully saturated rings. The minimum Gasteiger partial charge on any atom is -0.496 e. The van der Waals surface area contributed by atoms with Crippen LogP contribution >= 0.6 is 0 Å². The first-order valence-corrected chi connectivity index (χ1v) is 6.65. The molecule has 0 spiro atoms. The maximum atomic E-state index is 12.3. The molecule has 0 unspecified atom stereocenters. The van der Waals surface area contributed by atoms with Crippen LogP contribution in [0.15, 0.2) is 48.5 Å². The highest BCUT2D eigenvalue weighted by Crippen LogP contribution is 2.22. The average molecular weight is 282 g/mol. The van der Waals surface area contributed by atoms with Crippen molar-refractivity contribution in [3.8, 4) is 11.5 Å². The van der Waals surface area contributed by atoms with Crippen molar-refractivity contribution in [1.82, 2.24) is 0 Å². The second kappa shape index (κ2) is 6.75. The zero-order chi connectivity index (χ0) is 15.2. The molecule has 0 aliphatic carbocycles. The largest absolute Gasteiger partial charge is 0.496 e. The van der Waals surface area contributed by atoms with Crippen LogP contribution in [0.25, 0.3) is 6.08 Å². The Bertz CT molecular complexity index is 672. The van der Waals surface area contributed by atoms with Gasteiger partial charge in [-0.25, -0.2) is 0 Å². The standard InChI is InChI=1S/C18H18O3/c1-13-8-10-15(18(12-13)21-3)16(19)11-9-14-6-4-5-7-17(14)20-2/h4-12H,1-3H3. The van der Waals surface area contributed by atoms with Crippen LogP contribution in [0.2, 0.25) is 0 Å². The molecule has 3 nitrogen and oxygen atoms in total. The van der Waals surface area contributed by atoms with E-state index in [-0.39, 0.29) is 5.78 Å². The molecule has 0 amide bonds. The molecule has 0 aromatic heterocycles. The number of hydrogen-bond donors (Lipinski definition) is 0. The number of para-hydroxylation sites is 1. The van der Waals surface area contributed by atoms with Crippen molar-refractivity contribution >= 4 is 11.9 Å². The third-order valence-electron chi connectivity index (χ3n) is 3.18. The molecule has 0 aliphatic rings. The second-order valence-electron chi connectivity index (χ2n) is 4.64. The van der Waals surface area contributed by atoms with Gasteiger partial charge in [0.05, 0.1) is 19.8 Å². The van der Waals surface area contributed by atoms with Crippen molar-refractivity contribution in [2.24, 2.45) is 0 Å². The van der Waals surface area contributed by atoms with Gasteiger partial charge in [-0.2, -0.15) is 0 Å².